The number of aromatic nitrogens is 2. The van der Waals surface area contributed by atoms with Gasteiger partial charge in [-0.1, -0.05) is 32.0 Å². The van der Waals surface area contributed by atoms with Crippen LogP contribution in [-0.4, -0.2) is 29.0 Å². The number of hydrogen-bond acceptors (Lipinski definition) is 6. The Kier molecular flexibility index (Phi) is 4.85. The molecule has 0 spiro atoms. The molecule has 7 nitrogen and oxygen atoms in total. The summed E-state index contributed by atoms with van der Waals surface area (Å²) < 4.78 is 4.75. The molecule has 0 atom stereocenters. The van der Waals surface area contributed by atoms with Crippen LogP contribution >= 0.6 is 11.3 Å². The number of H-pyrrole nitrogens is 1. The predicted molar refractivity (Wildman–Crippen MR) is 100 cm³/mol. The van der Waals surface area contributed by atoms with E-state index >= 15 is 0 Å². The van der Waals surface area contributed by atoms with Gasteiger partial charge in [0.05, 0.1) is 12.7 Å². The molecule has 1 aromatic carbocycles. The number of fused-ring (bicyclic) bond motifs is 1. The zero-order chi connectivity index (χ0) is 18.8. The molecule has 1 amide bonds. The third kappa shape index (κ3) is 3.36. The first-order valence-electron chi connectivity index (χ1n) is 7.93. The van der Waals surface area contributed by atoms with Crippen LogP contribution < -0.4 is 10.9 Å². The molecule has 2 aromatic heterocycles. The normalized spacial score (nSPS) is 10.9. The van der Waals surface area contributed by atoms with E-state index < -0.39 is 11.9 Å². The van der Waals surface area contributed by atoms with Crippen molar-refractivity contribution in [1.82, 2.24) is 9.97 Å². The molecule has 0 radical (unpaired) electrons. The maximum atomic E-state index is 12.7. The summed E-state index contributed by atoms with van der Waals surface area (Å²) in [6, 6.07) is 8.28. The van der Waals surface area contributed by atoms with Crippen molar-refractivity contribution in [3.63, 3.8) is 0 Å². The van der Waals surface area contributed by atoms with Gasteiger partial charge >= 0.3 is 5.97 Å². The molecule has 0 aliphatic rings. The van der Waals surface area contributed by atoms with E-state index in [0.717, 1.165) is 4.88 Å². The Labute approximate surface area is 153 Å². The molecule has 3 aromatic rings. The Morgan fingerprint density at radius 1 is 1.27 bits per heavy atom. The van der Waals surface area contributed by atoms with Gasteiger partial charge in [0, 0.05) is 21.8 Å². The monoisotopic (exact) mass is 371 g/mol. The second-order valence-electron chi connectivity index (χ2n) is 5.93. The lowest BCUT2D eigenvalue weighted by molar-refractivity contribution is 0.0593. The molecule has 0 aliphatic heterocycles. The lowest BCUT2D eigenvalue weighted by atomic mass is 10.1. The number of anilines is 1. The van der Waals surface area contributed by atoms with Crippen molar-refractivity contribution in [1.29, 1.82) is 0 Å². The molecule has 0 fully saturated rings. The highest BCUT2D eigenvalue weighted by molar-refractivity contribution is 7.16. The highest BCUT2D eigenvalue weighted by Crippen LogP contribution is 2.30. The molecule has 0 aliphatic carbocycles. The Balaban J connectivity index is 1.99. The largest absolute Gasteiger partial charge is 0.464 e. The van der Waals surface area contributed by atoms with Crippen LogP contribution in [-0.2, 0) is 4.74 Å². The fourth-order valence-electron chi connectivity index (χ4n) is 2.58. The smallest absolute Gasteiger partial charge is 0.357 e. The first-order chi connectivity index (χ1) is 12.4. The fourth-order valence-corrected chi connectivity index (χ4v) is 3.53. The van der Waals surface area contributed by atoms with Crippen LogP contribution in [0.15, 0.2) is 35.1 Å². The van der Waals surface area contributed by atoms with Gasteiger partial charge in [-0.15, -0.1) is 11.3 Å². The van der Waals surface area contributed by atoms with Crippen molar-refractivity contribution in [2.24, 2.45) is 0 Å². The number of carbonyl (C=O) groups excluding carboxylic acids is 2. The maximum absolute atomic E-state index is 12.7. The van der Waals surface area contributed by atoms with Gasteiger partial charge in [-0.25, -0.2) is 9.78 Å². The minimum atomic E-state index is -0.549. The minimum Gasteiger partial charge on any atom is -0.464 e. The van der Waals surface area contributed by atoms with Crippen molar-refractivity contribution >= 4 is 39.2 Å². The number of rotatable bonds is 4. The fraction of sp³-hybridized carbons (Fsp3) is 0.222. The maximum Gasteiger partial charge on any atom is 0.357 e. The summed E-state index contributed by atoms with van der Waals surface area (Å²) in [5, 5.41) is 3.58. The van der Waals surface area contributed by atoms with E-state index in [9.17, 15) is 14.4 Å². The number of thiazole rings is 1. The molecule has 2 N–H and O–H groups in total. The lowest BCUT2D eigenvalue weighted by Crippen LogP contribution is -2.17. The van der Waals surface area contributed by atoms with E-state index in [-0.39, 0.29) is 27.9 Å². The number of para-hydroxylation sites is 1. The number of benzene rings is 1. The molecular formula is C18H17N3O4S. The summed E-state index contributed by atoms with van der Waals surface area (Å²) in [5.74, 6) is -0.965. The minimum absolute atomic E-state index is 0.0488. The van der Waals surface area contributed by atoms with E-state index in [1.54, 1.807) is 24.3 Å². The zero-order valence-electron chi connectivity index (χ0n) is 14.5. The van der Waals surface area contributed by atoms with Crippen LogP contribution in [0.5, 0.6) is 0 Å². The second-order valence-corrected chi connectivity index (χ2v) is 6.96. The van der Waals surface area contributed by atoms with Crippen LogP contribution in [0.2, 0.25) is 0 Å². The number of nitrogens with one attached hydrogen (secondary N) is 2. The first kappa shape index (κ1) is 17.8. The van der Waals surface area contributed by atoms with Crippen LogP contribution in [0.25, 0.3) is 10.9 Å². The van der Waals surface area contributed by atoms with Crippen LogP contribution in [0.4, 0.5) is 5.13 Å². The predicted octanol–water partition coefficient (Wildman–Crippen LogP) is 3.15. The molecule has 0 bridgehead atoms. The molecule has 0 unspecified atom stereocenters. The molecule has 134 valence electrons. The molecular weight excluding hydrogens is 354 g/mol. The number of amides is 1. The number of hydrogen-bond donors (Lipinski definition) is 2. The van der Waals surface area contributed by atoms with E-state index in [2.05, 4.69) is 15.3 Å². The number of carbonyl (C=O) groups is 2. The summed E-state index contributed by atoms with van der Waals surface area (Å²) >= 11 is 1.21. The van der Waals surface area contributed by atoms with Crippen LogP contribution in [0.3, 0.4) is 0 Å². The summed E-state index contributed by atoms with van der Waals surface area (Å²) in [5.41, 5.74) is 0.636. The summed E-state index contributed by atoms with van der Waals surface area (Å²) in [7, 11) is 1.28. The lowest BCUT2D eigenvalue weighted by Gasteiger charge is -2.05. The van der Waals surface area contributed by atoms with Gasteiger partial charge < -0.3 is 9.72 Å². The zero-order valence-corrected chi connectivity index (χ0v) is 15.3. The van der Waals surface area contributed by atoms with E-state index in [1.807, 2.05) is 13.8 Å². The van der Waals surface area contributed by atoms with Crippen molar-refractivity contribution in [3.8, 4) is 0 Å². The van der Waals surface area contributed by atoms with Crippen molar-refractivity contribution in [3.05, 3.63) is 56.8 Å². The van der Waals surface area contributed by atoms with Crippen molar-refractivity contribution in [2.45, 2.75) is 19.8 Å². The number of nitrogens with zero attached hydrogens (tertiary/aromatic N) is 1. The van der Waals surface area contributed by atoms with Gasteiger partial charge in [0.25, 0.3) is 5.91 Å². The van der Waals surface area contributed by atoms with Gasteiger partial charge in [-0.05, 0) is 12.0 Å². The second kappa shape index (κ2) is 7.09. The van der Waals surface area contributed by atoms with Gasteiger partial charge in [0.2, 0.25) is 5.56 Å². The Morgan fingerprint density at radius 2 is 2.00 bits per heavy atom. The summed E-state index contributed by atoms with van der Waals surface area (Å²) in [6.07, 6.45) is 0. The summed E-state index contributed by atoms with van der Waals surface area (Å²) in [6.45, 7) is 3.85. The van der Waals surface area contributed by atoms with Crippen LogP contribution in [0, 0.1) is 0 Å². The van der Waals surface area contributed by atoms with E-state index in [1.165, 1.54) is 24.5 Å². The van der Waals surface area contributed by atoms with Crippen molar-refractivity contribution in [2.75, 3.05) is 12.4 Å². The molecule has 8 heteroatoms. The average Bonchev–Trinajstić information content (AvgIpc) is 3.04. The van der Waals surface area contributed by atoms with E-state index in [4.69, 9.17) is 4.74 Å². The number of ether oxygens (including phenoxy) is 1. The van der Waals surface area contributed by atoms with Gasteiger partial charge in [0.15, 0.2) is 10.8 Å². The average molecular weight is 371 g/mol. The van der Waals surface area contributed by atoms with Gasteiger partial charge in [-0.3, -0.25) is 14.9 Å². The highest BCUT2D eigenvalue weighted by atomic mass is 32.1. The number of aromatic amines is 1. The molecule has 3 rings (SSSR count). The first-order valence-corrected chi connectivity index (χ1v) is 8.74. The number of pyridine rings is 1. The topological polar surface area (TPSA) is 101 Å². The summed E-state index contributed by atoms with van der Waals surface area (Å²) in [4.78, 5) is 44.0. The Bertz CT molecular complexity index is 1050. The third-order valence-corrected chi connectivity index (χ3v) is 5.04. The highest BCUT2D eigenvalue weighted by Gasteiger charge is 2.22. The van der Waals surface area contributed by atoms with Crippen LogP contribution in [0.1, 0.15) is 45.5 Å². The standard InChI is InChI=1S/C18H17N3O4S/c1-9(2)15-14(17(24)25-3)20-18(26-15)21-16(23)11-8-13(22)19-12-7-5-4-6-10(11)12/h4-9H,1-3H3,(H,19,22)(H,20,21,23). The number of esters is 1. The third-order valence-electron chi connectivity index (χ3n) is 3.77. The SMILES string of the molecule is COC(=O)c1nc(NC(=O)c2cc(=O)[nH]c3ccccc23)sc1C(C)C. The van der Waals surface area contributed by atoms with Gasteiger partial charge in [-0.2, -0.15) is 0 Å². The molecule has 26 heavy (non-hydrogen) atoms. The Morgan fingerprint density at radius 3 is 2.69 bits per heavy atom. The quantitative estimate of drug-likeness (QED) is 0.686. The molecule has 2 heterocycles. The Hall–Kier alpha value is -3.00. The molecule has 0 saturated heterocycles. The van der Waals surface area contributed by atoms with Gasteiger partial charge in [0.1, 0.15) is 0 Å². The molecule has 0 saturated carbocycles. The van der Waals surface area contributed by atoms with E-state index in [0.29, 0.717) is 10.9 Å². The van der Waals surface area contributed by atoms with Crippen molar-refractivity contribution < 1.29 is 14.3 Å². The number of methoxy groups -OCH3 is 1.